The van der Waals surface area contributed by atoms with E-state index in [-0.39, 0.29) is 12.4 Å². The van der Waals surface area contributed by atoms with Gasteiger partial charge in [-0.3, -0.25) is 0 Å². The zero-order valence-corrected chi connectivity index (χ0v) is 10.6. The Hall–Kier alpha value is -1.30. The molecule has 0 spiro atoms. The normalized spacial score (nSPS) is 12.6. The molecule has 0 saturated heterocycles. The quantitative estimate of drug-likeness (QED) is 0.906. The second-order valence-corrected chi connectivity index (χ2v) is 4.70. The summed E-state index contributed by atoms with van der Waals surface area (Å²) >= 11 is 0. The van der Waals surface area contributed by atoms with E-state index < -0.39 is 17.3 Å². The van der Waals surface area contributed by atoms with Gasteiger partial charge in [0.05, 0.1) is 11.2 Å². The molecule has 102 valence electrons. The van der Waals surface area contributed by atoms with Gasteiger partial charge in [-0.2, -0.15) is 13.2 Å². The van der Waals surface area contributed by atoms with Crippen LogP contribution in [0.5, 0.6) is 0 Å². The van der Waals surface area contributed by atoms with Crippen molar-refractivity contribution in [3.8, 4) is 0 Å². The fourth-order valence-electron chi connectivity index (χ4n) is 1.67. The number of likely N-dealkylation sites (N-methyl/N-ethyl adjacent to an activating group) is 1. The monoisotopic (exact) mass is 262 g/mol. The number of alkyl halides is 3. The van der Waals surface area contributed by atoms with Gasteiger partial charge in [-0.25, -0.2) is 4.98 Å². The highest BCUT2D eigenvalue weighted by molar-refractivity contribution is 5.48. The summed E-state index contributed by atoms with van der Waals surface area (Å²) in [5.74, 6) is -0.144. The molecule has 6 heteroatoms. The van der Waals surface area contributed by atoms with Gasteiger partial charge < -0.3 is 10.0 Å². The number of anilines is 1. The Labute approximate surface area is 104 Å². The number of rotatable bonds is 4. The first-order chi connectivity index (χ1) is 8.15. The molecule has 0 atom stereocenters. The molecule has 0 fully saturated rings. The summed E-state index contributed by atoms with van der Waals surface area (Å²) in [5, 5.41) is 9.72. The average molecular weight is 262 g/mol. The second-order valence-electron chi connectivity index (χ2n) is 4.70. The smallest absolute Gasteiger partial charge is 0.389 e. The standard InChI is InChI=1S/C12H17F3N2O/c1-4-17(8-11(2,3)18)10-9(12(13,14)15)6-5-7-16-10/h5-7,18H,4,8H2,1-3H3. The lowest BCUT2D eigenvalue weighted by Crippen LogP contribution is -2.40. The molecule has 1 N–H and O–H groups in total. The fraction of sp³-hybridized carbons (Fsp3) is 0.583. The lowest BCUT2D eigenvalue weighted by molar-refractivity contribution is -0.137. The predicted molar refractivity (Wildman–Crippen MR) is 63.4 cm³/mol. The van der Waals surface area contributed by atoms with E-state index in [1.165, 1.54) is 17.2 Å². The van der Waals surface area contributed by atoms with Crippen LogP contribution in [0.15, 0.2) is 18.3 Å². The summed E-state index contributed by atoms with van der Waals surface area (Å²) in [4.78, 5) is 5.21. The second kappa shape index (κ2) is 5.14. The molecule has 1 rings (SSSR count). The Kier molecular flexibility index (Phi) is 4.21. The number of aromatic nitrogens is 1. The van der Waals surface area contributed by atoms with Gasteiger partial charge in [-0.1, -0.05) is 0 Å². The third-order valence-electron chi connectivity index (χ3n) is 2.35. The highest BCUT2D eigenvalue weighted by Crippen LogP contribution is 2.35. The van der Waals surface area contributed by atoms with Crippen molar-refractivity contribution in [2.24, 2.45) is 0 Å². The van der Waals surface area contributed by atoms with Crippen LogP contribution in [0.3, 0.4) is 0 Å². The van der Waals surface area contributed by atoms with Crippen LogP contribution in [0.1, 0.15) is 26.3 Å². The van der Waals surface area contributed by atoms with E-state index in [0.717, 1.165) is 6.07 Å². The third-order valence-corrected chi connectivity index (χ3v) is 2.35. The molecule has 0 saturated carbocycles. The van der Waals surface area contributed by atoms with Crippen LogP contribution >= 0.6 is 0 Å². The minimum Gasteiger partial charge on any atom is -0.389 e. The minimum atomic E-state index is -4.45. The third kappa shape index (κ3) is 3.87. The van der Waals surface area contributed by atoms with Crippen LogP contribution in [0.2, 0.25) is 0 Å². The SMILES string of the molecule is CCN(CC(C)(C)O)c1ncccc1C(F)(F)F. The number of halogens is 3. The Morgan fingerprint density at radius 3 is 2.39 bits per heavy atom. The molecule has 0 amide bonds. The molecule has 1 heterocycles. The zero-order chi connectivity index (χ0) is 14.0. The fourth-order valence-corrected chi connectivity index (χ4v) is 1.67. The van der Waals surface area contributed by atoms with Crippen LogP contribution < -0.4 is 4.90 Å². The van der Waals surface area contributed by atoms with Crippen molar-refractivity contribution in [1.82, 2.24) is 4.98 Å². The highest BCUT2D eigenvalue weighted by Gasteiger charge is 2.36. The van der Waals surface area contributed by atoms with Crippen molar-refractivity contribution >= 4 is 5.82 Å². The number of pyridine rings is 1. The molecule has 0 bridgehead atoms. The first-order valence-electron chi connectivity index (χ1n) is 5.64. The zero-order valence-electron chi connectivity index (χ0n) is 10.6. The maximum Gasteiger partial charge on any atom is 0.419 e. The first kappa shape index (κ1) is 14.8. The van der Waals surface area contributed by atoms with Gasteiger partial charge >= 0.3 is 6.18 Å². The van der Waals surface area contributed by atoms with Crippen molar-refractivity contribution in [3.63, 3.8) is 0 Å². The molecule has 0 radical (unpaired) electrons. The van der Waals surface area contributed by atoms with Crippen LogP contribution in [0.25, 0.3) is 0 Å². The maximum absolute atomic E-state index is 12.8. The molecular weight excluding hydrogens is 245 g/mol. The van der Waals surface area contributed by atoms with Gasteiger partial charge in [0, 0.05) is 19.3 Å². The Morgan fingerprint density at radius 2 is 1.94 bits per heavy atom. The highest BCUT2D eigenvalue weighted by atomic mass is 19.4. The largest absolute Gasteiger partial charge is 0.419 e. The lowest BCUT2D eigenvalue weighted by atomic mass is 10.1. The number of hydrogen-bond donors (Lipinski definition) is 1. The van der Waals surface area contributed by atoms with E-state index in [1.807, 2.05) is 0 Å². The Bertz CT molecular complexity index is 399. The Balaban J connectivity index is 3.14. The molecule has 3 nitrogen and oxygen atoms in total. The van der Waals surface area contributed by atoms with Gasteiger partial charge in [-0.15, -0.1) is 0 Å². The maximum atomic E-state index is 12.8. The first-order valence-corrected chi connectivity index (χ1v) is 5.64. The predicted octanol–water partition coefficient (Wildman–Crippen LogP) is 2.70. The topological polar surface area (TPSA) is 36.4 Å². The number of aliphatic hydroxyl groups is 1. The van der Waals surface area contributed by atoms with Crippen molar-refractivity contribution in [3.05, 3.63) is 23.9 Å². The van der Waals surface area contributed by atoms with Crippen molar-refractivity contribution in [2.75, 3.05) is 18.0 Å². The van der Waals surface area contributed by atoms with Crippen LogP contribution in [0, 0.1) is 0 Å². The van der Waals surface area contributed by atoms with Gasteiger partial charge in [-0.05, 0) is 32.9 Å². The van der Waals surface area contributed by atoms with Gasteiger partial charge in [0.15, 0.2) is 0 Å². The number of nitrogens with zero attached hydrogens (tertiary/aromatic N) is 2. The van der Waals surface area contributed by atoms with E-state index in [0.29, 0.717) is 6.54 Å². The van der Waals surface area contributed by atoms with Crippen molar-refractivity contribution < 1.29 is 18.3 Å². The molecule has 0 aromatic carbocycles. The summed E-state index contributed by atoms with van der Waals surface area (Å²) in [7, 11) is 0. The van der Waals surface area contributed by atoms with Gasteiger partial charge in [0.25, 0.3) is 0 Å². The summed E-state index contributed by atoms with van der Waals surface area (Å²) in [6.45, 7) is 5.24. The van der Waals surface area contributed by atoms with Crippen molar-refractivity contribution in [1.29, 1.82) is 0 Å². The summed E-state index contributed by atoms with van der Waals surface area (Å²) < 4.78 is 38.5. The van der Waals surface area contributed by atoms with Gasteiger partial charge in [0.1, 0.15) is 5.82 Å². The average Bonchev–Trinajstić information content (AvgIpc) is 2.23. The minimum absolute atomic E-state index is 0.0869. The van der Waals surface area contributed by atoms with E-state index in [1.54, 1.807) is 20.8 Å². The number of hydrogen-bond acceptors (Lipinski definition) is 3. The summed E-state index contributed by atoms with van der Waals surface area (Å²) in [5.41, 5.74) is -1.87. The van der Waals surface area contributed by atoms with E-state index >= 15 is 0 Å². The molecule has 0 aliphatic rings. The van der Waals surface area contributed by atoms with Crippen LogP contribution in [-0.2, 0) is 6.18 Å². The van der Waals surface area contributed by atoms with E-state index in [9.17, 15) is 18.3 Å². The molecule has 0 unspecified atom stereocenters. The molecular formula is C12H17F3N2O. The van der Waals surface area contributed by atoms with Crippen LogP contribution in [-0.4, -0.2) is 28.8 Å². The lowest BCUT2D eigenvalue weighted by Gasteiger charge is -2.30. The summed E-state index contributed by atoms with van der Waals surface area (Å²) in [6, 6.07) is 2.25. The molecule has 0 aliphatic carbocycles. The van der Waals surface area contributed by atoms with Crippen molar-refractivity contribution in [2.45, 2.75) is 32.5 Å². The van der Waals surface area contributed by atoms with Crippen LogP contribution in [0.4, 0.5) is 19.0 Å². The molecule has 0 aliphatic heterocycles. The van der Waals surface area contributed by atoms with Gasteiger partial charge in [0.2, 0.25) is 0 Å². The van der Waals surface area contributed by atoms with E-state index in [4.69, 9.17) is 0 Å². The Morgan fingerprint density at radius 1 is 1.33 bits per heavy atom. The molecule has 1 aromatic rings. The molecule has 18 heavy (non-hydrogen) atoms. The molecule has 1 aromatic heterocycles. The summed E-state index contributed by atoms with van der Waals surface area (Å²) in [6.07, 6.45) is -3.13. The van der Waals surface area contributed by atoms with E-state index in [2.05, 4.69) is 4.98 Å².